The fraction of sp³-hybridized carbons (Fsp3) is 0.381. The quantitative estimate of drug-likeness (QED) is 0.706. The van der Waals surface area contributed by atoms with E-state index in [-0.39, 0.29) is 12.0 Å². The first-order valence-electron chi connectivity index (χ1n) is 8.72. The Morgan fingerprint density at radius 2 is 1.56 bits per heavy atom. The van der Waals surface area contributed by atoms with Gasteiger partial charge in [0.15, 0.2) is 0 Å². The second-order valence-electron chi connectivity index (χ2n) is 6.29. The van der Waals surface area contributed by atoms with Gasteiger partial charge in [-0.2, -0.15) is 0 Å². The lowest BCUT2D eigenvalue weighted by Crippen LogP contribution is -2.26. The summed E-state index contributed by atoms with van der Waals surface area (Å²) in [6, 6.07) is 15.7. The molecule has 0 fully saturated rings. The number of ether oxygens (including phenoxy) is 2. The summed E-state index contributed by atoms with van der Waals surface area (Å²) in [5.41, 5.74) is 2.24. The molecule has 0 unspecified atom stereocenters. The molecule has 4 heteroatoms. The van der Waals surface area contributed by atoms with Crippen molar-refractivity contribution in [2.24, 2.45) is 0 Å². The predicted molar refractivity (Wildman–Crippen MR) is 100 cm³/mol. The van der Waals surface area contributed by atoms with Gasteiger partial charge in [-0.3, -0.25) is 4.79 Å². The molecule has 0 atom stereocenters. The van der Waals surface area contributed by atoms with Gasteiger partial charge in [0.05, 0.1) is 19.6 Å². The van der Waals surface area contributed by atoms with E-state index in [4.69, 9.17) is 9.47 Å². The third-order valence-corrected chi connectivity index (χ3v) is 3.78. The number of amides is 1. The fourth-order valence-electron chi connectivity index (χ4n) is 2.52. The van der Waals surface area contributed by atoms with Crippen LogP contribution < -0.4 is 14.8 Å². The van der Waals surface area contributed by atoms with Crippen LogP contribution in [0.5, 0.6) is 11.5 Å². The molecule has 25 heavy (non-hydrogen) atoms. The SMILES string of the molecule is COc1ccc(CC(=O)NCCCc2ccc(OC(C)C)cc2)cc1. The summed E-state index contributed by atoms with van der Waals surface area (Å²) in [5, 5.41) is 2.97. The van der Waals surface area contributed by atoms with E-state index in [1.54, 1.807) is 7.11 Å². The maximum absolute atomic E-state index is 12.0. The van der Waals surface area contributed by atoms with Crippen LogP contribution in [-0.2, 0) is 17.6 Å². The normalized spacial score (nSPS) is 10.6. The summed E-state index contributed by atoms with van der Waals surface area (Å²) in [6.07, 6.45) is 2.43. The highest BCUT2D eigenvalue weighted by atomic mass is 16.5. The Hall–Kier alpha value is -2.49. The van der Waals surface area contributed by atoms with E-state index in [1.807, 2.05) is 50.2 Å². The van der Waals surface area contributed by atoms with Gasteiger partial charge in [0.2, 0.25) is 5.91 Å². The van der Waals surface area contributed by atoms with Crippen molar-refractivity contribution in [1.82, 2.24) is 5.32 Å². The van der Waals surface area contributed by atoms with Gasteiger partial charge in [0.25, 0.3) is 0 Å². The molecule has 0 saturated carbocycles. The highest BCUT2D eigenvalue weighted by Crippen LogP contribution is 2.15. The van der Waals surface area contributed by atoms with Crippen LogP contribution in [-0.4, -0.2) is 25.7 Å². The maximum Gasteiger partial charge on any atom is 0.224 e. The molecule has 0 aliphatic carbocycles. The minimum atomic E-state index is 0.0471. The first kappa shape index (κ1) is 18.8. The molecule has 134 valence electrons. The van der Waals surface area contributed by atoms with Crippen LogP contribution in [0.4, 0.5) is 0 Å². The summed E-state index contributed by atoms with van der Waals surface area (Å²) in [7, 11) is 1.63. The van der Waals surface area contributed by atoms with Gasteiger partial charge < -0.3 is 14.8 Å². The van der Waals surface area contributed by atoms with Crippen molar-refractivity contribution in [1.29, 1.82) is 0 Å². The first-order valence-corrected chi connectivity index (χ1v) is 8.72. The second-order valence-corrected chi connectivity index (χ2v) is 6.29. The molecule has 0 spiro atoms. The molecule has 0 radical (unpaired) electrons. The van der Waals surface area contributed by atoms with Crippen molar-refractivity contribution in [2.45, 2.75) is 39.2 Å². The number of rotatable bonds is 9. The number of carbonyl (C=O) groups excluding carboxylic acids is 1. The van der Waals surface area contributed by atoms with Crippen LogP contribution in [0.1, 0.15) is 31.4 Å². The van der Waals surface area contributed by atoms with Crippen molar-refractivity contribution in [2.75, 3.05) is 13.7 Å². The lowest BCUT2D eigenvalue weighted by atomic mass is 10.1. The zero-order chi connectivity index (χ0) is 18.1. The Morgan fingerprint density at radius 3 is 2.16 bits per heavy atom. The summed E-state index contributed by atoms with van der Waals surface area (Å²) in [6.45, 7) is 4.71. The standard InChI is InChI=1S/C21H27NO3/c1-16(2)25-20-12-6-17(7-13-20)5-4-14-22-21(23)15-18-8-10-19(24-3)11-9-18/h6-13,16H,4-5,14-15H2,1-3H3,(H,22,23). The minimum Gasteiger partial charge on any atom is -0.497 e. The Labute approximate surface area is 150 Å². The molecule has 0 aliphatic heterocycles. The Kier molecular flexibility index (Phi) is 7.33. The smallest absolute Gasteiger partial charge is 0.224 e. The third kappa shape index (κ3) is 6.87. The summed E-state index contributed by atoms with van der Waals surface area (Å²) in [5.74, 6) is 1.74. The molecule has 2 rings (SSSR count). The fourth-order valence-corrected chi connectivity index (χ4v) is 2.52. The van der Waals surface area contributed by atoms with Crippen LogP contribution in [0.15, 0.2) is 48.5 Å². The zero-order valence-electron chi connectivity index (χ0n) is 15.2. The average Bonchev–Trinajstić information content (AvgIpc) is 2.60. The van der Waals surface area contributed by atoms with Gasteiger partial charge in [0, 0.05) is 6.54 Å². The van der Waals surface area contributed by atoms with Gasteiger partial charge in [-0.25, -0.2) is 0 Å². The Morgan fingerprint density at radius 1 is 0.960 bits per heavy atom. The number of hydrogen-bond donors (Lipinski definition) is 1. The number of hydrogen-bond acceptors (Lipinski definition) is 3. The van der Waals surface area contributed by atoms with Crippen LogP contribution >= 0.6 is 0 Å². The monoisotopic (exact) mass is 341 g/mol. The maximum atomic E-state index is 12.0. The van der Waals surface area contributed by atoms with Crippen molar-refractivity contribution < 1.29 is 14.3 Å². The minimum absolute atomic E-state index is 0.0471. The van der Waals surface area contributed by atoms with Crippen LogP contribution in [0.2, 0.25) is 0 Å². The van der Waals surface area contributed by atoms with E-state index in [0.29, 0.717) is 13.0 Å². The summed E-state index contributed by atoms with van der Waals surface area (Å²) < 4.78 is 10.7. The second kappa shape index (κ2) is 9.72. The molecule has 0 saturated heterocycles. The number of aryl methyl sites for hydroxylation is 1. The lowest BCUT2D eigenvalue weighted by molar-refractivity contribution is -0.120. The van der Waals surface area contributed by atoms with Gasteiger partial charge in [-0.1, -0.05) is 24.3 Å². The topological polar surface area (TPSA) is 47.6 Å². The largest absolute Gasteiger partial charge is 0.497 e. The van der Waals surface area contributed by atoms with E-state index in [1.165, 1.54) is 5.56 Å². The Balaban J connectivity index is 1.67. The van der Waals surface area contributed by atoms with E-state index >= 15 is 0 Å². The highest BCUT2D eigenvalue weighted by Gasteiger charge is 2.04. The summed E-state index contributed by atoms with van der Waals surface area (Å²) in [4.78, 5) is 12.0. The van der Waals surface area contributed by atoms with Crippen LogP contribution in [0.3, 0.4) is 0 Å². The van der Waals surface area contributed by atoms with Gasteiger partial charge in [0.1, 0.15) is 11.5 Å². The molecule has 1 N–H and O–H groups in total. The number of methoxy groups -OCH3 is 1. The van der Waals surface area contributed by atoms with Gasteiger partial charge >= 0.3 is 0 Å². The summed E-state index contributed by atoms with van der Waals surface area (Å²) >= 11 is 0. The van der Waals surface area contributed by atoms with E-state index < -0.39 is 0 Å². The van der Waals surface area contributed by atoms with E-state index in [2.05, 4.69) is 17.4 Å². The van der Waals surface area contributed by atoms with Gasteiger partial charge in [-0.05, 0) is 62.1 Å². The number of carbonyl (C=O) groups is 1. The molecular weight excluding hydrogens is 314 g/mol. The van der Waals surface area contributed by atoms with Crippen molar-refractivity contribution >= 4 is 5.91 Å². The van der Waals surface area contributed by atoms with Crippen molar-refractivity contribution in [3.63, 3.8) is 0 Å². The van der Waals surface area contributed by atoms with Crippen molar-refractivity contribution in [3.05, 3.63) is 59.7 Å². The average molecular weight is 341 g/mol. The molecule has 4 nitrogen and oxygen atoms in total. The molecule has 0 aromatic heterocycles. The van der Waals surface area contributed by atoms with E-state index in [0.717, 1.165) is 29.9 Å². The van der Waals surface area contributed by atoms with Crippen molar-refractivity contribution in [3.8, 4) is 11.5 Å². The molecule has 2 aromatic rings. The third-order valence-electron chi connectivity index (χ3n) is 3.78. The molecular formula is C21H27NO3. The number of benzene rings is 2. The zero-order valence-corrected chi connectivity index (χ0v) is 15.2. The van der Waals surface area contributed by atoms with E-state index in [9.17, 15) is 4.79 Å². The molecule has 0 heterocycles. The number of nitrogens with one attached hydrogen (secondary N) is 1. The molecule has 0 aliphatic rings. The highest BCUT2D eigenvalue weighted by molar-refractivity contribution is 5.78. The Bertz CT molecular complexity index is 648. The van der Waals surface area contributed by atoms with Gasteiger partial charge in [-0.15, -0.1) is 0 Å². The molecule has 2 aromatic carbocycles. The first-order chi connectivity index (χ1) is 12.1. The lowest BCUT2D eigenvalue weighted by Gasteiger charge is -2.10. The molecule has 1 amide bonds. The van der Waals surface area contributed by atoms with Crippen LogP contribution in [0, 0.1) is 0 Å². The molecule has 0 bridgehead atoms. The van der Waals surface area contributed by atoms with Crippen LogP contribution in [0.25, 0.3) is 0 Å². The predicted octanol–water partition coefficient (Wildman–Crippen LogP) is 3.77.